The Labute approximate surface area is 78.5 Å². The molecule has 0 aromatic rings. The topological polar surface area (TPSA) is 49.8 Å². The summed E-state index contributed by atoms with van der Waals surface area (Å²) in [6, 6.07) is -0.105. The van der Waals surface area contributed by atoms with Gasteiger partial charge >= 0.3 is 5.97 Å². The molecule has 4 nitrogen and oxygen atoms in total. The second kappa shape index (κ2) is 4.07. The third-order valence-electron chi connectivity index (χ3n) is 2.58. The lowest BCUT2D eigenvalue weighted by molar-refractivity contribution is -0.142. The summed E-state index contributed by atoms with van der Waals surface area (Å²) < 4.78 is 5.17. The summed E-state index contributed by atoms with van der Waals surface area (Å²) in [4.78, 5) is 12.8. The van der Waals surface area contributed by atoms with Crippen LogP contribution in [0.4, 0.5) is 0 Å². The molecule has 76 valence electrons. The smallest absolute Gasteiger partial charge is 0.321 e. The molecule has 13 heavy (non-hydrogen) atoms. The van der Waals surface area contributed by atoms with Gasteiger partial charge in [0.15, 0.2) is 0 Å². The summed E-state index contributed by atoms with van der Waals surface area (Å²) >= 11 is 0. The Morgan fingerprint density at radius 1 is 1.62 bits per heavy atom. The van der Waals surface area contributed by atoms with E-state index in [4.69, 9.17) is 9.84 Å². The van der Waals surface area contributed by atoms with E-state index in [1.165, 1.54) is 0 Å². The van der Waals surface area contributed by atoms with Crippen LogP contribution in [-0.4, -0.2) is 47.8 Å². The molecule has 1 saturated heterocycles. The second-order valence-electron chi connectivity index (χ2n) is 3.74. The van der Waals surface area contributed by atoms with Crippen molar-refractivity contribution in [2.45, 2.75) is 38.5 Å². The molecule has 0 bridgehead atoms. The van der Waals surface area contributed by atoms with Gasteiger partial charge in [-0.05, 0) is 13.8 Å². The van der Waals surface area contributed by atoms with Crippen molar-refractivity contribution in [1.82, 2.24) is 4.90 Å². The highest BCUT2D eigenvalue weighted by molar-refractivity contribution is 5.74. The predicted octanol–water partition coefficient (Wildman–Crippen LogP) is 0.569. The minimum Gasteiger partial charge on any atom is -0.480 e. The molecule has 1 fully saturated rings. The fourth-order valence-corrected chi connectivity index (χ4v) is 1.81. The maximum Gasteiger partial charge on any atom is 0.321 e. The van der Waals surface area contributed by atoms with Crippen LogP contribution < -0.4 is 0 Å². The first-order valence-electron chi connectivity index (χ1n) is 4.57. The Balaban J connectivity index is 2.65. The minimum atomic E-state index is -0.742. The molecule has 0 aromatic carbocycles. The van der Waals surface area contributed by atoms with E-state index < -0.39 is 5.97 Å². The predicted molar refractivity (Wildman–Crippen MR) is 48.7 cm³/mol. The lowest BCUT2D eigenvalue weighted by Crippen LogP contribution is -2.40. The number of ether oxygens (including phenoxy) is 1. The van der Waals surface area contributed by atoms with Crippen molar-refractivity contribution in [3.05, 3.63) is 0 Å². The summed E-state index contributed by atoms with van der Waals surface area (Å²) in [5.74, 6) is -0.742. The number of likely N-dealkylation sites (tertiary alicyclic amines) is 1. The molecule has 0 amide bonds. The molecule has 0 aliphatic carbocycles. The molecule has 1 N–H and O–H groups in total. The van der Waals surface area contributed by atoms with Gasteiger partial charge in [0.05, 0.1) is 6.10 Å². The van der Waals surface area contributed by atoms with Crippen molar-refractivity contribution in [1.29, 1.82) is 0 Å². The summed E-state index contributed by atoms with van der Waals surface area (Å²) in [7, 11) is 1.63. The highest BCUT2D eigenvalue weighted by Gasteiger charge is 2.37. The van der Waals surface area contributed by atoms with Gasteiger partial charge in [-0.25, -0.2) is 0 Å². The number of methoxy groups -OCH3 is 1. The van der Waals surface area contributed by atoms with Crippen LogP contribution in [0.5, 0.6) is 0 Å². The molecule has 0 radical (unpaired) electrons. The van der Waals surface area contributed by atoms with E-state index in [9.17, 15) is 4.79 Å². The molecule has 1 aliphatic heterocycles. The van der Waals surface area contributed by atoms with Crippen molar-refractivity contribution >= 4 is 5.97 Å². The highest BCUT2D eigenvalue weighted by atomic mass is 16.5. The van der Waals surface area contributed by atoms with Crippen LogP contribution in [-0.2, 0) is 9.53 Å². The van der Waals surface area contributed by atoms with Gasteiger partial charge in [-0.15, -0.1) is 0 Å². The van der Waals surface area contributed by atoms with Crippen LogP contribution in [0.15, 0.2) is 0 Å². The van der Waals surface area contributed by atoms with E-state index in [-0.39, 0.29) is 18.2 Å². The molecule has 0 unspecified atom stereocenters. The monoisotopic (exact) mass is 187 g/mol. The average molecular weight is 187 g/mol. The van der Waals surface area contributed by atoms with Crippen molar-refractivity contribution in [2.24, 2.45) is 0 Å². The van der Waals surface area contributed by atoms with Gasteiger partial charge in [-0.2, -0.15) is 0 Å². The Morgan fingerprint density at radius 2 is 2.23 bits per heavy atom. The average Bonchev–Trinajstić information content (AvgIpc) is 2.47. The van der Waals surface area contributed by atoms with Crippen LogP contribution >= 0.6 is 0 Å². The molecule has 1 aliphatic rings. The van der Waals surface area contributed by atoms with Gasteiger partial charge in [0.25, 0.3) is 0 Å². The maximum atomic E-state index is 10.9. The van der Waals surface area contributed by atoms with E-state index in [0.717, 1.165) is 6.54 Å². The number of aliphatic carboxylic acids is 1. The molecule has 2 atom stereocenters. The van der Waals surface area contributed by atoms with Gasteiger partial charge in [0.1, 0.15) is 6.04 Å². The SMILES string of the molecule is CO[C@@H]1C[C@H](C(=O)O)N(C(C)C)C1. The van der Waals surface area contributed by atoms with Crippen molar-refractivity contribution in [2.75, 3.05) is 13.7 Å². The number of nitrogens with zero attached hydrogens (tertiary/aromatic N) is 1. The van der Waals surface area contributed by atoms with Crippen LogP contribution in [0, 0.1) is 0 Å². The number of hydrogen-bond donors (Lipinski definition) is 1. The fraction of sp³-hybridized carbons (Fsp3) is 0.889. The van der Waals surface area contributed by atoms with Gasteiger partial charge in [0, 0.05) is 26.1 Å². The number of carboxylic acids is 1. The van der Waals surface area contributed by atoms with Crippen molar-refractivity contribution in [3.63, 3.8) is 0 Å². The number of carbonyl (C=O) groups is 1. The largest absolute Gasteiger partial charge is 0.480 e. The van der Waals surface area contributed by atoms with E-state index in [1.54, 1.807) is 7.11 Å². The summed E-state index contributed by atoms with van der Waals surface area (Å²) in [6.45, 7) is 4.74. The van der Waals surface area contributed by atoms with Crippen LogP contribution in [0.25, 0.3) is 0 Å². The van der Waals surface area contributed by atoms with Crippen LogP contribution in [0.1, 0.15) is 20.3 Å². The van der Waals surface area contributed by atoms with Crippen molar-refractivity contribution in [3.8, 4) is 0 Å². The molecule has 0 spiro atoms. The highest BCUT2D eigenvalue weighted by Crippen LogP contribution is 2.22. The van der Waals surface area contributed by atoms with Gasteiger partial charge < -0.3 is 9.84 Å². The molecule has 4 heteroatoms. The zero-order chi connectivity index (χ0) is 10.0. The quantitative estimate of drug-likeness (QED) is 0.701. The molecule has 1 heterocycles. The third-order valence-corrected chi connectivity index (χ3v) is 2.58. The zero-order valence-electron chi connectivity index (χ0n) is 8.36. The molecule has 0 saturated carbocycles. The van der Waals surface area contributed by atoms with Gasteiger partial charge in [-0.1, -0.05) is 0 Å². The first kappa shape index (κ1) is 10.5. The Kier molecular flexibility index (Phi) is 3.27. The van der Waals surface area contributed by atoms with Gasteiger partial charge in [-0.3, -0.25) is 9.69 Å². The number of rotatable bonds is 3. The number of carboxylic acid groups (broad SMARTS) is 1. The molecule has 0 aromatic heterocycles. The van der Waals surface area contributed by atoms with Crippen LogP contribution in [0.2, 0.25) is 0 Å². The fourth-order valence-electron chi connectivity index (χ4n) is 1.81. The van der Waals surface area contributed by atoms with E-state index in [1.807, 2.05) is 18.7 Å². The Morgan fingerprint density at radius 3 is 2.54 bits per heavy atom. The zero-order valence-corrected chi connectivity index (χ0v) is 8.36. The Bertz CT molecular complexity index is 193. The number of hydrogen-bond acceptors (Lipinski definition) is 3. The van der Waals surface area contributed by atoms with E-state index >= 15 is 0 Å². The summed E-state index contributed by atoms with van der Waals surface area (Å²) in [5.41, 5.74) is 0. The lowest BCUT2D eigenvalue weighted by atomic mass is 10.2. The Hall–Kier alpha value is -0.610. The summed E-state index contributed by atoms with van der Waals surface area (Å²) in [5, 5.41) is 8.95. The first-order valence-corrected chi connectivity index (χ1v) is 4.57. The van der Waals surface area contributed by atoms with Gasteiger partial charge in [0.2, 0.25) is 0 Å². The van der Waals surface area contributed by atoms with E-state index in [0.29, 0.717) is 6.42 Å². The lowest BCUT2D eigenvalue weighted by Gasteiger charge is -2.24. The molecule has 1 rings (SSSR count). The normalized spacial score (nSPS) is 29.8. The standard InChI is InChI=1S/C9H17NO3/c1-6(2)10-5-7(13-3)4-8(10)9(11)12/h6-8H,4-5H2,1-3H3,(H,11,12)/t7-,8-/m1/s1. The summed E-state index contributed by atoms with van der Waals surface area (Å²) in [6.07, 6.45) is 0.674. The molecular weight excluding hydrogens is 170 g/mol. The second-order valence-corrected chi connectivity index (χ2v) is 3.74. The maximum absolute atomic E-state index is 10.9. The third kappa shape index (κ3) is 2.19. The van der Waals surface area contributed by atoms with E-state index in [2.05, 4.69) is 0 Å². The molecular formula is C9H17NO3. The van der Waals surface area contributed by atoms with Crippen LogP contribution in [0.3, 0.4) is 0 Å². The minimum absolute atomic E-state index is 0.0727. The van der Waals surface area contributed by atoms with Crippen molar-refractivity contribution < 1.29 is 14.6 Å². The first-order chi connectivity index (χ1) is 6.06.